The van der Waals surface area contributed by atoms with E-state index in [0.29, 0.717) is 18.9 Å². The smallest absolute Gasteiger partial charge is 0.233 e. The molecule has 4 heteroatoms. The summed E-state index contributed by atoms with van der Waals surface area (Å²) in [5, 5.41) is 9.22. The molecule has 1 N–H and O–H groups in total. The summed E-state index contributed by atoms with van der Waals surface area (Å²) < 4.78 is 0. The summed E-state index contributed by atoms with van der Waals surface area (Å²) in [4.78, 5) is 25.6. The van der Waals surface area contributed by atoms with Crippen LogP contribution in [0.2, 0.25) is 0 Å². The fourth-order valence-corrected chi connectivity index (χ4v) is 3.07. The SMILES string of the molecule is CCC1CC2C(=O)N(CCC(C)O)C(=O)C2C1. The van der Waals surface area contributed by atoms with Crippen LogP contribution in [-0.4, -0.2) is 34.5 Å². The van der Waals surface area contributed by atoms with Crippen molar-refractivity contribution in [3.63, 3.8) is 0 Å². The second-order valence-electron chi connectivity index (χ2n) is 5.42. The summed E-state index contributed by atoms with van der Waals surface area (Å²) in [5.74, 6) is 0.396. The van der Waals surface area contributed by atoms with Gasteiger partial charge in [-0.15, -0.1) is 0 Å². The Balaban J connectivity index is 2.01. The van der Waals surface area contributed by atoms with Gasteiger partial charge < -0.3 is 5.11 Å². The third-order valence-electron chi connectivity index (χ3n) is 4.17. The van der Waals surface area contributed by atoms with Gasteiger partial charge in [-0.2, -0.15) is 0 Å². The summed E-state index contributed by atoms with van der Waals surface area (Å²) in [6.45, 7) is 4.17. The van der Waals surface area contributed by atoms with E-state index in [1.54, 1.807) is 6.92 Å². The number of carbonyl (C=O) groups excluding carboxylic acids is 2. The van der Waals surface area contributed by atoms with Crippen LogP contribution in [0, 0.1) is 17.8 Å². The van der Waals surface area contributed by atoms with Crippen LogP contribution in [0.25, 0.3) is 0 Å². The molecule has 96 valence electrons. The van der Waals surface area contributed by atoms with Crippen molar-refractivity contribution in [1.82, 2.24) is 4.90 Å². The van der Waals surface area contributed by atoms with Gasteiger partial charge in [-0.1, -0.05) is 13.3 Å². The molecule has 2 amide bonds. The van der Waals surface area contributed by atoms with Gasteiger partial charge in [0.25, 0.3) is 0 Å². The van der Waals surface area contributed by atoms with E-state index in [1.165, 1.54) is 4.90 Å². The van der Waals surface area contributed by atoms with Gasteiger partial charge >= 0.3 is 0 Å². The zero-order valence-corrected chi connectivity index (χ0v) is 10.6. The van der Waals surface area contributed by atoms with Gasteiger partial charge in [-0.25, -0.2) is 0 Å². The number of imide groups is 1. The predicted molar refractivity (Wildman–Crippen MR) is 63.0 cm³/mol. The Morgan fingerprint density at radius 1 is 1.29 bits per heavy atom. The van der Waals surface area contributed by atoms with Gasteiger partial charge in [0.1, 0.15) is 0 Å². The predicted octanol–water partition coefficient (Wildman–Crippen LogP) is 1.18. The molecule has 1 aliphatic heterocycles. The van der Waals surface area contributed by atoms with Crippen LogP contribution in [0.15, 0.2) is 0 Å². The molecule has 1 aliphatic carbocycles. The average Bonchev–Trinajstić information content (AvgIpc) is 2.79. The molecule has 1 saturated heterocycles. The Kier molecular flexibility index (Phi) is 3.52. The summed E-state index contributed by atoms with van der Waals surface area (Å²) in [7, 11) is 0. The number of aliphatic hydroxyl groups excluding tert-OH is 1. The monoisotopic (exact) mass is 239 g/mol. The first-order valence-corrected chi connectivity index (χ1v) is 6.57. The Bertz CT molecular complexity index is 303. The topological polar surface area (TPSA) is 57.6 Å². The van der Waals surface area contributed by atoms with Gasteiger partial charge in [0.15, 0.2) is 0 Å². The quantitative estimate of drug-likeness (QED) is 0.749. The first-order chi connectivity index (χ1) is 8.04. The number of aliphatic hydroxyl groups is 1. The highest BCUT2D eigenvalue weighted by molar-refractivity contribution is 6.05. The second-order valence-corrected chi connectivity index (χ2v) is 5.42. The molecule has 4 nitrogen and oxygen atoms in total. The molecule has 1 heterocycles. The first kappa shape index (κ1) is 12.6. The lowest BCUT2D eigenvalue weighted by Crippen LogP contribution is -2.34. The second kappa shape index (κ2) is 4.77. The average molecular weight is 239 g/mol. The van der Waals surface area contributed by atoms with E-state index in [1.807, 2.05) is 0 Å². The highest BCUT2D eigenvalue weighted by atomic mass is 16.3. The zero-order valence-electron chi connectivity index (χ0n) is 10.6. The van der Waals surface area contributed by atoms with Crippen LogP contribution in [0.5, 0.6) is 0 Å². The maximum absolute atomic E-state index is 12.1. The Hall–Kier alpha value is -0.900. The van der Waals surface area contributed by atoms with Crippen molar-refractivity contribution in [2.75, 3.05) is 6.54 Å². The molecule has 1 saturated carbocycles. The van der Waals surface area contributed by atoms with Gasteiger partial charge in [0.05, 0.1) is 17.9 Å². The van der Waals surface area contributed by atoms with E-state index < -0.39 is 6.10 Å². The molecule has 0 bridgehead atoms. The fourth-order valence-electron chi connectivity index (χ4n) is 3.07. The lowest BCUT2D eigenvalue weighted by atomic mass is 10.00. The molecule has 17 heavy (non-hydrogen) atoms. The summed E-state index contributed by atoms with van der Waals surface area (Å²) in [6, 6.07) is 0. The largest absolute Gasteiger partial charge is 0.393 e. The Morgan fingerprint density at radius 3 is 2.24 bits per heavy atom. The molecule has 2 rings (SSSR count). The van der Waals surface area contributed by atoms with Gasteiger partial charge in [0, 0.05) is 6.54 Å². The van der Waals surface area contributed by atoms with Crippen molar-refractivity contribution < 1.29 is 14.7 Å². The molecule has 2 fully saturated rings. The molecule has 3 unspecified atom stereocenters. The number of likely N-dealkylation sites (tertiary alicyclic amines) is 1. The molecule has 0 aromatic carbocycles. The molecule has 0 spiro atoms. The number of amides is 2. The van der Waals surface area contributed by atoms with Crippen molar-refractivity contribution in [2.45, 2.75) is 45.6 Å². The van der Waals surface area contributed by atoms with Crippen LogP contribution in [-0.2, 0) is 9.59 Å². The summed E-state index contributed by atoms with van der Waals surface area (Å²) in [5.41, 5.74) is 0. The molecule has 0 aromatic rings. The highest BCUT2D eigenvalue weighted by Crippen LogP contribution is 2.44. The number of hydrogen-bond acceptors (Lipinski definition) is 3. The minimum absolute atomic E-state index is 0.00315. The van der Waals surface area contributed by atoms with Crippen LogP contribution < -0.4 is 0 Å². The number of fused-ring (bicyclic) bond motifs is 1. The zero-order chi connectivity index (χ0) is 12.6. The van der Waals surface area contributed by atoms with Crippen molar-refractivity contribution in [2.24, 2.45) is 17.8 Å². The lowest BCUT2D eigenvalue weighted by molar-refractivity contribution is -0.140. The Labute approximate surface area is 102 Å². The van der Waals surface area contributed by atoms with E-state index >= 15 is 0 Å². The molecular formula is C13H21NO3. The van der Waals surface area contributed by atoms with Crippen molar-refractivity contribution in [3.05, 3.63) is 0 Å². The first-order valence-electron chi connectivity index (χ1n) is 6.57. The third-order valence-corrected chi connectivity index (χ3v) is 4.17. The standard InChI is InChI=1S/C13H21NO3/c1-3-9-6-10-11(7-9)13(17)14(12(10)16)5-4-8(2)15/h8-11,15H,3-7H2,1-2H3. The normalized spacial score (nSPS) is 34.3. The van der Waals surface area contributed by atoms with Gasteiger partial charge in [0.2, 0.25) is 11.8 Å². The van der Waals surface area contributed by atoms with Crippen molar-refractivity contribution >= 4 is 11.8 Å². The van der Waals surface area contributed by atoms with Crippen molar-refractivity contribution in [3.8, 4) is 0 Å². The molecular weight excluding hydrogens is 218 g/mol. The molecule has 0 aromatic heterocycles. The minimum Gasteiger partial charge on any atom is -0.393 e. The van der Waals surface area contributed by atoms with E-state index in [-0.39, 0.29) is 23.7 Å². The number of carbonyl (C=O) groups is 2. The van der Waals surface area contributed by atoms with Crippen molar-refractivity contribution in [1.29, 1.82) is 0 Å². The van der Waals surface area contributed by atoms with Crippen LogP contribution in [0.3, 0.4) is 0 Å². The minimum atomic E-state index is -0.459. The van der Waals surface area contributed by atoms with Gasteiger partial charge in [-0.3, -0.25) is 14.5 Å². The van der Waals surface area contributed by atoms with E-state index in [9.17, 15) is 14.7 Å². The molecule has 2 aliphatic rings. The van der Waals surface area contributed by atoms with Crippen LogP contribution in [0.1, 0.15) is 39.5 Å². The van der Waals surface area contributed by atoms with E-state index in [0.717, 1.165) is 19.3 Å². The number of nitrogens with zero attached hydrogens (tertiary/aromatic N) is 1. The van der Waals surface area contributed by atoms with Crippen LogP contribution in [0.4, 0.5) is 0 Å². The number of hydrogen-bond donors (Lipinski definition) is 1. The fraction of sp³-hybridized carbons (Fsp3) is 0.846. The maximum Gasteiger partial charge on any atom is 0.233 e. The number of rotatable bonds is 4. The highest BCUT2D eigenvalue weighted by Gasteiger charge is 2.51. The Morgan fingerprint density at radius 2 is 1.82 bits per heavy atom. The molecule has 0 radical (unpaired) electrons. The lowest BCUT2D eigenvalue weighted by Gasteiger charge is -2.18. The summed E-state index contributed by atoms with van der Waals surface area (Å²) in [6.07, 6.45) is 2.82. The van der Waals surface area contributed by atoms with E-state index in [4.69, 9.17) is 0 Å². The van der Waals surface area contributed by atoms with E-state index in [2.05, 4.69) is 6.92 Å². The third kappa shape index (κ3) is 2.23. The van der Waals surface area contributed by atoms with Gasteiger partial charge in [-0.05, 0) is 32.1 Å². The van der Waals surface area contributed by atoms with Crippen LogP contribution >= 0.6 is 0 Å². The maximum atomic E-state index is 12.1. The molecule has 3 atom stereocenters. The summed E-state index contributed by atoms with van der Waals surface area (Å²) >= 11 is 0.